The quantitative estimate of drug-likeness (QED) is 0.828. The number of nitrogens with one attached hydrogen (secondary N) is 1. The summed E-state index contributed by atoms with van der Waals surface area (Å²) in [5.74, 6) is 0.835. The lowest BCUT2D eigenvalue weighted by Crippen LogP contribution is -2.36. The maximum absolute atomic E-state index is 5.92. The Morgan fingerprint density at radius 2 is 1.61 bits per heavy atom. The molecular formula is C14H24ClN3. The molecule has 0 fully saturated rings. The van der Waals surface area contributed by atoms with Crippen LogP contribution in [-0.2, 0) is 0 Å². The minimum Gasteiger partial charge on any atom is -0.365 e. The third kappa shape index (κ3) is 4.45. The van der Waals surface area contributed by atoms with Gasteiger partial charge in [0.2, 0.25) is 5.28 Å². The van der Waals surface area contributed by atoms with Gasteiger partial charge >= 0.3 is 0 Å². The standard InChI is InChI=1S/C14H24ClN3/c1-9-10(2)16-12(15)17-11(9)18-14(6,7)8-13(3,4)5/h8H2,1-7H3,(H,16,17,18). The van der Waals surface area contributed by atoms with Crippen molar-refractivity contribution >= 4 is 17.4 Å². The zero-order valence-corrected chi connectivity index (χ0v) is 13.2. The second-order valence-electron chi connectivity index (χ2n) is 6.80. The summed E-state index contributed by atoms with van der Waals surface area (Å²) in [6.07, 6.45) is 1.04. The first-order valence-electron chi connectivity index (χ1n) is 6.29. The van der Waals surface area contributed by atoms with Crippen molar-refractivity contribution in [2.75, 3.05) is 5.32 Å². The molecule has 0 aromatic carbocycles. The Kier molecular flexibility index (Phi) is 4.26. The molecule has 1 aromatic heterocycles. The first kappa shape index (κ1) is 15.2. The predicted octanol–water partition coefficient (Wildman–Crippen LogP) is 4.37. The van der Waals surface area contributed by atoms with Gasteiger partial charge in [-0.25, -0.2) is 9.97 Å². The highest BCUT2D eigenvalue weighted by Crippen LogP contribution is 2.30. The van der Waals surface area contributed by atoms with Gasteiger partial charge in [-0.3, -0.25) is 0 Å². The van der Waals surface area contributed by atoms with Crippen LogP contribution in [0.15, 0.2) is 0 Å². The van der Waals surface area contributed by atoms with Gasteiger partial charge < -0.3 is 5.32 Å². The fourth-order valence-electron chi connectivity index (χ4n) is 2.41. The van der Waals surface area contributed by atoms with Gasteiger partial charge in [-0.2, -0.15) is 0 Å². The van der Waals surface area contributed by atoms with Gasteiger partial charge in [0.05, 0.1) is 0 Å². The van der Waals surface area contributed by atoms with Gasteiger partial charge in [0.1, 0.15) is 5.82 Å². The monoisotopic (exact) mass is 269 g/mol. The highest BCUT2D eigenvalue weighted by molar-refractivity contribution is 6.28. The highest BCUT2D eigenvalue weighted by atomic mass is 35.5. The van der Waals surface area contributed by atoms with Crippen molar-refractivity contribution in [2.24, 2.45) is 5.41 Å². The number of hydrogen-bond donors (Lipinski definition) is 1. The van der Waals surface area contributed by atoms with Gasteiger partial charge in [0.25, 0.3) is 0 Å². The topological polar surface area (TPSA) is 37.8 Å². The molecule has 0 bridgehead atoms. The lowest BCUT2D eigenvalue weighted by atomic mass is 9.82. The zero-order chi connectivity index (χ0) is 14.1. The molecule has 1 heterocycles. The molecule has 0 unspecified atom stereocenters. The van der Waals surface area contributed by atoms with Crippen LogP contribution in [0.1, 0.15) is 52.3 Å². The lowest BCUT2D eigenvalue weighted by molar-refractivity contribution is 0.302. The van der Waals surface area contributed by atoms with E-state index in [4.69, 9.17) is 11.6 Å². The van der Waals surface area contributed by atoms with Crippen LogP contribution >= 0.6 is 11.6 Å². The molecule has 3 nitrogen and oxygen atoms in total. The molecule has 0 radical (unpaired) electrons. The van der Waals surface area contributed by atoms with Crippen molar-refractivity contribution in [3.8, 4) is 0 Å². The number of anilines is 1. The SMILES string of the molecule is Cc1nc(Cl)nc(NC(C)(C)CC(C)(C)C)c1C. The first-order valence-corrected chi connectivity index (χ1v) is 6.67. The Bertz CT molecular complexity index is 433. The maximum Gasteiger partial charge on any atom is 0.224 e. The Morgan fingerprint density at radius 3 is 2.11 bits per heavy atom. The summed E-state index contributed by atoms with van der Waals surface area (Å²) in [6, 6.07) is 0. The Balaban J connectivity index is 2.97. The van der Waals surface area contributed by atoms with E-state index in [1.54, 1.807) is 0 Å². The molecule has 102 valence electrons. The zero-order valence-electron chi connectivity index (χ0n) is 12.5. The summed E-state index contributed by atoms with van der Waals surface area (Å²) in [5, 5.41) is 3.79. The van der Waals surface area contributed by atoms with Crippen molar-refractivity contribution in [1.29, 1.82) is 0 Å². The summed E-state index contributed by atoms with van der Waals surface area (Å²) in [6.45, 7) is 15.0. The number of halogens is 1. The molecular weight excluding hydrogens is 246 g/mol. The van der Waals surface area contributed by atoms with Gasteiger partial charge in [-0.05, 0) is 51.1 Å². The summed E-state index contributed by atoms with van der Waals surface area (Å²) in [7, 11) is 0. The Morgan fingerprint density at radius 1 is 1.06 bits per heavy atom. The smallest absolute Gasteiger partial charge is 0.224 e. The van der Waals surface area contributed by atoms with E-state index in [9.17, 15) is 0 Å². The van der Waals surface area contributed by atoms with Crippen LogP contribution in [0, 0.1) is 19.3 Å². The summed E-state index contributed by atoms with van der Waals surface area (Å²) in [4.78, 5) is 8.44. The fraction of sp³-hybridized carbons (Fsp3) is 0.714. The Hall–Kier alpha value is -0.830. The number of rotatable bonds is 3. The molecule has 1 N–H and O–H groups in total. The maximum atomic E-state index is 5.92. The van der Waals surface area contributed by atoms with Gasteiger partial charge in [-0.15, -0.1) is 0 Å². The summed E-state index contributed by atoms with van der Waals surface area (Å²) in [5.41, 5.74) is 2.20. The molecule has 4 heteroatoms. The molecule has 18 heavy (non-hydrogen) atoms. The van der Waals surface area contributed by atoms with Gasteiger partial charge in [0.15, 0.2) is 0 Å². The third-order valence-corrected chi connectivity index (χ3v) is 2.96. The first-order chi connectivity index (χ1) is 8.00. The molecule has 0 aliphatic rings. The number of nitrogens with zero attached hydrogens (tertiary/aromatic N) is 2. The van der Waals surface area contributed by atoms with Crippen LogP contribution in [0.2, 0.25) is 5.28 Å². The highest BCUT2D eigenvalue weighted by Gasteiger charge is 2.26. The van der Waals surface area contributed by atoms with Crippen LogP contribution < -0.4 is 5.32 Å². The molecule has 0 amide bonds. The molecule has 0 saturated heterocycles. The summed E-state index contributed by atoms with van der Waals surface area (Å²) >= 11 is 5.92. The van der Waals surface area contributed by atoms with Crippen molar-refractivity contribution in [2.45, 2.75) is 60.4 Å². The van der Waals surface area contributed by atoms with Crippen LogP contribution in [0.4, 0.5) is 5.82 Å². The molecule has 0 atom stereocenters. The molecule has 1 rings (SSSR count). The van der Waals surface area contributed by atoms with Gasteiger partial charge in [0, 0.05) is 16.8 Å². The minimum absolute atomic E-state index is 0.0346. The molecule has 0 aliphatic heterocycles. The molecule has 0 aliphatic carbocycles. The number of aryl methyl sites for hydroxylation is 1. The van der Waals surface area contributed by atoms with E-state index >= 15 is 0 Å². The number of hydrogen-bond acceptors (Lipinski definition) is 3. The fourth-order valence-corrected chi connectivity index (χ4v) is 2.62. The third-order valence-electron chi connectivity index (χ3n) is 2.79. The molecule has 0 saturated carbocycles. The minimum atomic E-state index is -0.0346. The van der Waals surface area contributed by atoms with E-state index in [-0.39, 0.29) is 11.0 Å². The van der Waals surface area contributed by atoms with E-state index in [0.29, 0.717) is 5.28 Å². The van der Waals surface area contributed by atoms with E-state index in [1.165, 1.54) is 0 Å². The van der Waals surface area contributed by atoms with E-state index < -0.39 is 0 Å². The average molecular weight is 270 g/mol. The van der Waals surface area contributed by atoms with Crippen molar-refractivity contribution in [3.05, 3.63) is 16.5 Å². The molecule has 0 spiro atoms. The van der Waals surface area contributed by atoms with E-state index in [0.717, 1.165) is 23.5 Å². The average Bonchev–Trinajstić information content (AvgIpc) is 2.08. The van der Waals surface area contributed by atoms with Crippen molar-refractivity contribution in [3.63, 3.8) is 0 Å². The molecule has 1 aromatic rings. The Labute approximate surface area is 115 Å². The van der Waals surface area contributed by atoms with Crippen LogP contribution in [0.25, 0.3) is 0 Å². The van der Waals surface area contributed by atoms with Crippen LogP contribution in [0.5, 0.6) is 0 Å². The number of aromatic nitrogens is 2. The summed E-state index contributed by atoms with van der Waals surface area (Å²) < 4.78 is 0. The van der Waals surface area contributed by atoms with Crippen molar-refractivity contribution < 1.29 is 0 Å². The predicted molar refractivity (Wildman–Crippen MR) is 78.3 cm³/mol. The normalized spacial score (nSPS) is 12.7. The largest absolute Gasteiger partial charge is 0.365 e. The van der Waals surface area contributed by atoms with E-state index in [1.807, 2.05) is 13.8 Å². The second-order valence-corrected chi connectivity index (χ2v) is 7.14. The second kappa shape index (κ2) is 5.04. The van der Waals surface area contributed by atoms with Crippen LogP contribution in [-0.4, -0.2) is 15.5 Å². The van der Waals surface area contributed by atoms with E-state index in [2.05, 4.69) is 49.9 Å². The van der Waals surface area contributed by atoms with Crippen molar-refractivity contribution in [1.82, 2.24) is 9.97 Å². The lowest BCUT2D eigenvalue weighted by Gasteiger charge is -2.34. The van der Waals surface area contributed by atoms with Crippen LogP contribution in [0.3, 0.4) is 0 Å². The van der Waals surface area contributed by atoms with Gasteiger partial charge in [-0.1, -0.05) is 20.8 Å².